The smallest absolute Gasteiger partial charge is 0.223 e. The molecule has 182 valence electrons. The number of aryl methyl sites for hydroxylation is 2. The van der Waals surface area contributed by atoms with Crippen molar-refractivity contribution in [1.29, 1.82) is 0 Å². The van der Waals surface area contributed by atoms with Crippen molar-refractivity contribution in [1.82, 2.24) is 15.1 Å². The topological polar surface area (TPSA) is 69.7 Å². The van der Waals surface area contributed by atoms with Gasteiger partial charge in [-0.2, -0.15) is 0 Å². The van der Waals surface area contributed by atoms with Crippen molar-refractivity contribution in [3.05, 3.63) is 34.9 Å². The number of hydrogen-bond donors (Lipinski definition) is 1. The molecule has 33 heavy (non-hydrogen) atoms. The maximum Gasteiger partial charge on any atom is 0.223 e. The highest BCUT2D eigenvalue weighted by Crippen LogP contribution is 2.24. The van der Waals surface area contributed by atoms with Crippen LogP contribution in [0.1, 0.15) is 73.9 Å². The number of benzene rings is 1. The molecular formula is C27H41N3O3. The van der Waals surface area contributed by atoms with Gasteiger partial charge in [0, 0.05) is 50.5 Å². The van der Waals surface area contributed by atoms with Crippen LogP contribution in [-0.4, -0.2) is 67.7 Å². The lowest BCUT2D eigenvalue weighted by atomic mass is 9.89. The molecule has 1 aromatic rings. The van der Waals surface area contributed by atoms with Crippen molar-refractivity contribution in [3.63, 3.8) is 0 Å². The van der Waals surface area contributed by atoms with Gasteiger partial charge in [0.15, 0.2) is 5.78 Å². The van der Waals surface area contributed by atoms with Crippen molar-refractivity contribution in [2.45, 2.75) is 65.2 Å². The Bertz CT molecular complexity index is 854. The number of carbonyl (C=O) groups is 3. The second kappa shape index (κ2) is 11.3. The first kappa shape index (κ1) is 25.4. The van der Waals surface area contributed by atoms with Gasteiger partial charge in [-0.15, -0.1) is 0 Å². The lowest BCUT2D eigenvalue weighted by molar-refractivity contribution is -0.135. The van der Waals surface area contributed by atoms with Gasteiger partial charge >= 0.3 is 0 Å². The minimum atomic E-state index is -0.0404. The number of likely N-dealkylation sites (tertiary alicyclic amines) is 1. The molecule has 0 saturated carbocycles. The van der Waals surface area contributed by atoms with Gasteiger partial charge in [-0.3, -0.25) is 14.4 Å². The molecule has 1 fully saturated rings. The maximum atomic E-state index is 12.7. The molecule has 1 heterocycles. The predicted molar refractivity (Wildman–Crippen MR) is 131 cm³/mol. The summed E-state index contributed by atoms with van der Waals surface area (Å²) >= 11 is 0. The summed E-state index contributed by atoms with van der Waals surface area (Å²) in [6.07, 6.45) is 6.42. The van der Waals surface area contributed by atoms with E-state index >= 15 is 0 Å². The first-order valence-corrected chi connectivity index (χ1v) is 12.5. The van der Waals surface area contributed by atoms with Crippen molar-refractivity contribution >= 4 is 17.6 Å². The molecule has 0 unspecified atom stereocenters. The summed E-state index contributed by atoms with van der Waals surface area (Å²) in [5.74, 6) is 0.122. The highest BCUT2D eigenvalue weighted by Gasteiger charge is 2.29. The van der Waals surface area contributed by atoms with E-state index in [0.29, 0.717) is 32.5 Å². The van der Waals surface area contributed by atoms with E-state index in [4.69, 9.17) is 0 Å². The summed E-state index contributed by atoms with van der Waals surface area (Å²) in [6.45, 7) is 7.04. The molecule has 0 atom stereocenters. The van der Waals surface area contributed by atoms with E-state index in [-0.39, 0.29) is 41.8 Å². The van der Waals surface area contributed by atoms with E-state index in [9.17, 15) is 14.4 Å². The van der Waals surface area contributed by atoms with Gasteiger partial charge < -0.3 is 15.1 Å². The molecule has 3 rings (SSSR count). The highest BCUT2D eigenvalue weighted by atomic mass is 16.2. The summed E-state index contributed by atoms with van der Waals surface area (Å²) < 4.78 is 0. The average Bonchev–Trinajstić information content (AvgIpc) is 2.79. The number of Topliss-reactive ketones (excluding diaryl/α,β-unsaturated/α-hetero) is 1. The summed E-state index contributed by atoms with van der Waals surface area (Å²) in [5.41, 5.74) is 3.40. The predicted octanol–water partition coefficient (Wildman–Crippen LogP) is 3.47. The Balaban J connectivity index is 1.40. The van der Waals surface area contributed by atoms with Crippen LogP contribution in [-0.2, 0) is 22.4 Å². The van der Waals surface area contributed by atoms with Crippen LogP contribution in [0.4, 0.5) is 0 Å². The molecule has 6 heteroatoms. The zero-order chi connectivity index (χ0) is 24.0. The number of nitrogens with one attached hydrogen (secondary N) is 1. The van der Waals surface area contributed by atoms with Gasteiger partial charge in [0.2, 0.25) is 11.8 Å². The molecule has 1 aliphatic heterocycles. The Morgan fingerprint density at radius 3 is 2.36 bits per heavy atom. The Morgan fingerprint density at radius 2 is 1.70 bits per heavy atom. The molecule has 1 aromatic carbocycles. The molecule has 2 aliphatic rings. The fraction of sp³-hybridized carbons (Fsp3) is 0.667. The molecular weight excluding hydrogens is 414 g/mol. The lowest BCUT2D eigenvalue weighted by Gasteiger charge is -2.33. The van der Waals surface area contributed by atoms with Gasteiger partial charge in [0.1, 0.15) is 0 Å². The molecule has 0 spiro atoms. The minimum Gasteiger partial charge on any atom is -0.355 e. The Labute approximate surface area is 199 Å². The Hall–Kier alpha value is -2.21. The van der Waals surface area contributed by atoms with Gasteiger partial charge in [0.25, 0.3) is 0 Å². The molecule has 1 aliphatic carbocycles. The number of nitrogens with zero attached hydrogens (tertiary/aromatic N) is 2. The number of ketones is 1. The molecule has 1 N–H and O–H groups in total. The van der Waals surface area contributed by atoms with Gasteiger partial charge in [-0.25, -0.2) is 0 Å². The molecule has 6 nitrogen and oxygen atoms in total. The number of hydrogen-bond acceptors (Lipinski definition) is 4. The van der Waals surface area contributed by atoms with Crippen LogP contribution >= 0.6 is 0 Å². The van der Waals surface area contributed by atoms with Crippen LogP contribution in [0.3, 0.4) is 0 Å². The van der Waals surface area contributed by atoms with Crippen LogP contribution < -0.4 is 5.32 Å². The van der Waals surface area contributed by atoms with Crippen molar-refractivity contribution in [2.24, 2.45) is 11.3 Å². The van der Waals surface area contributed by atoms with Crippen LogP contribution in [0.15, 0.2) is 18.2 Å². The highest BCUT2D eigenvalue weighted by molar-refractivity contribution is 5.98. The molecule has 0 radical (unpaired) electrons. The zero-order valence-corrected chi connectivity index (χ0v) is 20.9. The zero-order valence-electron chi connectivity index (χ0n) is 20.9. The fourth-order valence-electron chi connectivity index (χ4n) is 5.20. The van der Waals surface area contributed by atoms with Crippen molar-refractivity contribution < 1.29 is 14.4 Å². The standard InChI is InChI=1S/C27H41N3O3/c1-27(2,19-29(3)4)18-28-26(33)21-13-15-30(16-14-21)25(32)12-11-24(31)23-10-9-20-7-5-6-8-22(20)17-23/h9-10,17,21H,5-8,11-16,18-19H2,1-4H3,(H,28,33). The largest absolute Gasteiger partial charge is 0.355 e. The van der Waals surface area contributed by atoms with Crippen molar-refractivity contribution in [2.75, 3.05) is 40.3 Å². The summed E-state index contributed by atoms with van der Waals surface area (Å²) in [5, 5.41) is 3.11. The van der Waals surface area contributed by atoms with Gasteiger partial charge in [-0.1, -0.05) is 26.0 Å². The number of piperidine rings is 1. The quantitative estimate of drug-likeness (QED) is 0.579. The maximum absolute atomic E-state index is 12.7. The van der Waals surface area contributed by atoms with E-state index in [0.717, 1.165) is 24.9 Å². The molecule has 0 bridgehead atoms. The summed E-state index contributed by atoms with van der Waals surface area (Å²) in [7, 11) is 4.08. The van der Waals surface area contributed by atoms with E-state index in [1.54, 1.807) is 0 Å². The Kier molecular flexibility index (Phi) is 8.69. The fourth-order valence-corrected chi connectivity index (χ4v) is 5.20. The number of rotatable bonds is 9. The van der Waals surface area contributed by atoms with Crippen molar-refractivity contribution in [3.8, 4) is 0 Å². The van der Waals surface area contributed by atoms with Crippen LogP contribution in [0.2, 0.25) is 0 Å². The molecule has 2 amide bonds. The third kappa shape index (κ3) is 7.39. The van der Waals surface area contributed by atoms with E-state index < -0.39 is 0 Å². The normalized spacial score (nSPS) is 17.1. The molecule has 0 aromatic heterocycles. The first-order valence-electron chi connectivity index (χ1n) is 12.5. The van der Waals surface area contributed by atoms with E-state index in [1.165, 1.54) is 24.0 Å². The SMILES string of the molecule is CN(C)CC(C)(C)CNC(=O)C1CCN(C(=O)CCC(=O)c2ccc3c(c2)CCCC3)CC1. The number of carbonyl (C=O) groups excluding carboxylic acids is 3. The van der Waals surface area contributed by atoms with Crippen LogP contribution in [0, 0.1) is 11.3 Å². The van der Waals surface area contributed by atoms with Crippen LogP contribution in [0.25, 0.3) is 0 Å². The number of fused-ring (bicyclic) bond motifs is 1. The third-order valence-electron chi connectivity index (χ3n) is 6.94. The minimum absolute atomic E-state index is 0.0143. The third-order valence-corrected chi connectivity index (χ3v) is 6.94. The van der Waals surface area contributed by atoms with E-state index in [1.807, 2.05) is 31.1 Å². The van der Waals surface area contributed by atoms with E-state index in [2.05, 4.69) is 30.1 Å². The Morgan fingerprint density at radius 1 is 1.03 bits per heavy atom. The molecule has 1 saturated heterocycles. The summed E-state index contributed by atoms with van der Waals surface area (Å²) in [6, 6.07) is 6.03. The van der Waals surface area contributed by atoms with Crippen LogP contribution in [0.5, 0.6) is 0 Å². The average molecular weight is 456 g/mol. The monoisotopic (exact) mass is 455 g/mol. The van der Waals surface area contributed by atoms with Gasteiger partial charge in [-0.05, 0) is 75.2 Å². The second-order valence-corrected chi connectivity index (χ2v) is 10.9. The summed E-state index contributed by atoms with van der Waals surface area (Å²) in [4.78, 5) is 41.9. The van der Waals surface area contributed by atoms with Gasteiger partial charge in [0.05, 0.1) is 0 Å². The first-order chi connectivity index (χ1) is 15.6. The second-order valence-electron chi connectivity index (χ2n) is 10.9. The lowest BCUT2D eigenvalue weighted by Crippen LogP contribution is -2.46. The number of amides is 2.